The van der Waals surface area contributed by atoms with Gasteiger partial charge in [-0.2, -0.15) is 0 Å². The SMILES string of the molecule is COc1ccc(Cl)cc1C(=O)N1CCC(S(=O)(=O)CC(C)C)CC1. The minimum atomic E-state index is -3.10. The highest BCUT2D eigenvalue weighted by molar-refractivity contribution is 7.92. The number of piperidine rings is 1. The quantitative estimate of drug-likeness (QED) is 0.795. The predicted molar refractivity (Wildman–Crippen MR) is 95.6 cm³/mol. The molecule has 0 unspecified atom stereocenters. The van der Waals surface area contributed by atoms with Gasteiger partial charge in [-0.05, 0) is 37.0 Å². The first-order valence-corrected chi connectivity index (χ1v) is 10.2. The minimum absolute atomic E-state index is 0.116. The molecule has 0 saturated carbocycles. The molecule has 0 aliphatic carbocycles. The van der Waals surface area contributed by atoms with Crippen molar-refractivity contribution in [1.29, 1.82) is 0 Å². The van der Waals surface area contributed by atoms with Crippen LogP contribution in [0.1, 0.15) is 37.0 Å². The lowest BCUT2D eigenvalue weighted by molar-refractivity contribution is 0.0722. The van der Waals surface area contributed by atoms with E-state index in [4.69, 9.17) is 16.3 Å². The van der Waals surface area contributed by atoms with Gasteiger partial charge in [0.2, 0.25) is 0 Å². The molecular formula is C17H24ClNO4S. The van der Waals surface area contributed by atoms with E-state index in [1.165, 1.54) is 7.11 Å². The zero-order valence-corrected chi connectivity index (χ0v) is 15.9. The molecule has 0 radical (unpaired) electrons. The van der Waals surface area contributed by atoms with Crippen LogP contribution in [-0.2, 0) is 9.84 Å². The molecule has 0 aromatic heterocycles. The summed E-state index contributed by atoms with van der Waals surface area (Å²) in [6.07, 6.45) is 0.952. The molecular weight excluding hydrogens is 350 g/mol. The third-order valence-corrected chi connectivity index (χ3v) is 7.05. The molecule has 1 aromatic carbocycles. The summed E-state index contributed by atoms with van der Waals surface area (Å²) in [7, 11) is -1.59. The molecule has 1 amide bonds. The minimum Gasteiger partial charge on any atom is -0.496 e. The second-order valence-electron chi connectivity index (χ2n) is 6.56. The van der Waals surface area contributed by atoms with Crippen LogP contribution in [0.15, 0.2) is 18.2 Å². The van der Waals surface area contributed by atoms with Crippen LogP contribution in [0.5, 0.6) is 5.75 Å². The maximum Gasteiger partial charge on any atom is 0.257 e. The Hall–Kier alpha value is -1.27. The summed E-state index contributed by atoms with van der Waals surface area (Å²) in [5.41, 5.74) is 0.411. The Morgan fingerprint density at radius 1 is 1.33 bits per heavy atom. The van der Waals surface area contributed by atoms with Crippen LogP contribution >= 0.6 is 11.6 Å². The number of methoxy groups -OCH3 is 1. The van der Waals surface area contributed by atoms with Gasteiger partial charge in [-0.15, -0.1) is 0 Å². The molecule has 0 spiro atoms. The molecule has 1 heterocycles. The number of hydrogen-bond acceptors (Lipinski definition) is 4. The van der Waals surface area contributed by atoms with E-state index in [9.17, 15) is 13.2 Å². The second kappa shape index (κ2) is 7.74. The highest BCUT2D eigenvalue weighted by atomic mass is 35.5. The highest BCUT2D eigenvalue weighted by Gasteiger charge is 2.32. The van der Waals surface area contributed by atoms with E-state index < -0.39 is 9.84 Å². The van der Waals surface area contributed by atoms with Gasteiger partial charge in [0.05, 0.1) is 23.7 Å². The van der Waals surface area contributed by atoms with Crippen molar-refractivity contribution in [3.63, 3.8) is 0 Å². The van der Waals surface area contributed by atoms with Crippen molar-refractivity contribution in [1.82, 2.24) is 4.90 Å². The van der Waals surface area contributed by atoms with Crippen LogP contribution in [0.4, 0.5) is 0 Å². The van der Waals surface area contributed by atoms with E-state index in [0.29, 0.717) is 42.3 Å². The predicted octanol–water partition coefficient (Wildman–Crippen LogP) is 3.02. The van der Waals surface area contributed by atoms with Crippen LogP contribution in [-0.4, -0.2) is 50.4 Å². The number of amides is 1. The average Bonchev–Trinajstić information content (AvgIpc) is 2.53. The number of sulfone groups is 1. The number of nitrogens with zero attached hydrogens (tertiary/aromatic N) is 1. The smallest absolute Gasteiger partial charge is 0.257 e. The summed E-state index contributed by atoms with van der Waals surface area (Å²) < 4.78 is 29.9. The van der Waals surface area contributed by atoms with E-state index in [2.05, 4.69) is 0 Å². The molecule has 1 aliphatic heterocycles. The summed E-state index contributed by atoms with van der Waals surface area (Å²) in [6.45, 7) is 4.66. The zero-order valence-electron chi connectivity index (χ0n) is 14.3. The fraction of sp³-hybridized carbons (Fsp3) is 0.588. The standard InChI is InChI=1S/C17H24ClNO4S/c1-12(2)11-24(21,22)14-6-8-19(9-7-14)17(20)15-10-13(18)4-5-16(15)23-3/h4-5,10,12,14H,6-9,11H2,1-3H3. The third kappa shape index (κ3) is 4.42. The molecule has 0 atom stereocenters. The molecule has 134 valence electrons. The summed E-state index contributed by atoms with van der Waals surface area (Å²) in [6, 6.07) is 4.92. The maximum atomic E-state index is 12.7. The first-order valence-electron chi connectivity index (χ1n) is 8.09. The summed E-state index contributed by atoms with van der Waals surface area (Å²) in [4.78, 5) is 14.4. The molecule has 1 fully saturated rings. The summed E-state index contributed by atoms with van der Waals surface area (Å²) in [5.74, 6) is 0.617. The molecule has 1 saturated heterocycles. The van der Waals surface area contributed by atoms with E-state index >= 15 is 0 Å². The van der Waals surface area contributed by atoms with Gasteiger partial charge in [-0.1, -0.05) is 25.4 Å². The number of hydrogen-bond donors (Lipinski definition) is 0. The van der Waals surface area contributed by atoms with Crippen molar-refractivity contribution in [3.05, 3.63) is 28.8 Å². The molecule has 0 bridgehead atoms. The molecule has 5 nitrogen and oxygen atoms in total. The first kappa shape index (κ1) is 19.1. The largest absolute Gasteiger partial charge is 0.496 e. The lowest BCUT2D eigenvalue weighted by Gasteiger charge is -2.32. The van der Waals surface area contributed by atoms with E-state index in [1.54, 1.807) is 23.1 Å². The van der Waals surface area contributed by atoms with E-state index in [0.717, 1.165) is 0 Å². The molecule has 7 heteroatoms. The van der Waals surface area contributed by atoms with Crippen LogP contribution in [0, 0.1) is 5.92 Å². The lowest BCUT2D eigenvalue weighted by atomic mass is 10.1. The van der Waals surface area contributed by atoms with Crippen LogP contribution in [0.2, 0.25) is 5.02 Å². The van der Waals surface area contributed by atoms with Gasteiger partial charge >= 0.3 is 0 Å². The van der Waals surface area contributed by atoms with Crippen molar-refractivity contribution in [2.45, 2.75) is 31.9 Å². The van der Waals surface area contributed by atoms with Gasteiger partial charge in [0.1, 0.15) is 5.75 Å². The van der Waals surface area contributed by atoms with Gasteiger partial charge in [-0.3, -0.25) is 4.79 Å². The van der Waals surface area contributed by atoms with Gasteiger partial charge in [0.15, 0.2) is 9.84 Å². The summed E-state index contributed by atoms with van der Waals surface area (Å²) in [5, 5.41) is 0.110. The highest BCUT2D eigenvalue weighted by Crippen LogP contribution is 2.27. The van der Waals surface area contributed by atoms with Crippen molar-refractivity contribution in [2.24, 2.45) is 5.92 Å². The zero-order chi connectivity index (χ0) is 17.9. The Balaban J connectivity index is 2.07. The Kier molecular flexibility index (Phi) is 6.15. The molecule has 1 aliphatic rings. The van der Waals surface area contributed by atoms with Crippen LogP contribution in [0.3, 0.4) is 0 Å². The number of carbonyl (C=O) groups excluding carboxylic acids is 1. The number of rotatable bonds is 5. The van der Waals surface area contributed by atoms with Gasteiger partial charge in [0, 0.05) is 18.1 Å². The Morgan fingerprint density at radius 3 is 2.50 bits per heavy atom. The number of ether oxygens (including phenoxy) is 1. The van der Waals surface area contributed by atoms with Crippen molar-refractivity contribution in [3.8, 4) is 5.75 Å². The number of halogens is 1. The summed E-state index contributed by atoms with van der Waals surface area (Å²) >= 11 is 5.98. The maximum absolute atomic E-state index is 12.7. The molecule has 2 rings (SSSR count). The van der Waals surface area contributed by atoms with Crippen molar-refractivity contribution in [2.75, 3.05) is 26.0 Å². The Bertz CT molecular complexity index is 695. The Morgan fingerprint density at radius 2 is 1.96 bits per heavy atom. The number of carbonyl (C=O) groups is 1. The fourth-order valence-electron chi connectivity index (χ4n) is 3.04. The molecule has 1 aromatic rings. The van der Waals surface area contributed by atoms with Gasteiger partial charge in [0.25, 0.3) is 5.91 Å². The van der Waals surface area contributed by atoms with Gasteiger partial charge < -0.3 is 9.64 Å². The van der Waals surface area contributed by atoms with Crippen LogP contribution in [0.25, 0.3) is 0 Å². The Labute approximate surface area is 148 Å². The number of likely N-dealkylation sites (tertiary alicyclic amines) is 1. The molecule has 0 N–H and O–H groups in total. The first-order chi connectivity index (χ1) is 11.2. The number of benzene rings is 1. The van der Waals surface area contributed by atoms with Crippen LogP contribution < -0.4 is 4.74 Å². The van der Waals surface area contributed by atoms with Gasteiger partial charge in [-0.25, -0.2) is 8.42 Å². The topological polar surface area (TPSA) is 63.7 Å². The monoisotopic (exact) mass is 373 g/mol. The fourth-order valence-corrected chi connectivity index (χ4v) is 5.34. The lowest BCUT2D eigenvalue weighted by Crippen LogP contribution is -2.43. The second-order valence-corrected chi connectivity index (χ2v) is 9.32. The normalized spacial score (nSPS) is 16.5. The third-order valence-electron chi connectivity index (χ3n) is 4.19. The average molecular weight is 374 g/mol. The van der Waals surface area contributed by atoms with E-state index in [1.807, 2.05) is 13.8 Å². The molecule has 24 heavy (non-hydrogen) atoms. The van der Waals surface area contributed by atoms with Crippen molar-refractivity contribution < 1.29 is 17.9 Å². The van der Waals surface area contributed by atoms with E-state index in [-0.39, 0.29) is 22.8 Å². The van der Waals surface area contributed by atoms with Crippen molar-refractivity contribution >= 4 is 27.3 Å².